The zero-order chi connectivity index (χ0) is 13.5. The van der Waals surface area contributed by atoms with E-state index in [0.29, 0.717) is 10.9 Å². The predicted molar refractivity (Wildman–Crippen MR) is 68.9 cm³/mol. The average molecular weight is 262 g/mol. The van der Waals surface area contributed by atoms with Crippen molar-refractivity contribution >= 4 is 27.4 Å². The highest BCUT2D eigenvalue weighted by molar-refractivity contribution is 6.11. The predicted octanol–water partition coefficient (Wildman–Crippen LogP) is 4.32. The molecule has 0 radical (unpaired) electrons. The van der Waals surface area contributed by atoms with E-state index in [1.807, 2.05) is 12.1 Å². The quantitative estimate of drug-likeness (QED) is 0.522. The second-order valence-corrected chi connectivity index (χ2v) is 4.17. The Morgan fingerprint density at radius 2 is 1.63 bits per heavy atom. The van der Waals surface area contributed by atoms with Gasteiger partial charge in [-0.15, -0.1) is 0 Å². The summed E-state index contributed by atoms with van der Waals surface area (Å²) in [4.78, 5) is 4.19. The SMILES string of the molecule is FC(F)(F)Nc1cccc2ccc3cccnc3c12. The molecule has 5 heteroatoms. The number of rotatable bonds is 1. The van der Waals surface area contributed by atoms with Crippen LogP contribution in [-0.2, 0) is 0 Å². The smallest absolute Gasteiger partial charge is 0.297 e. The minimum Gasteiger partial charge on any atom is -0.297 e. The summed E-state index contributed by atoms with van der Waals surface area (Å²) < 4.78 is 37.6. The van der Waals surface area contributed by atoms with E-state index in [1.165, 1.54) is 6.07 Å². The Morgan fingerprint density at radius 3 is 2.42 bits per heavy atom. The summed E-state index contributed by atoms with van der Waals surface area (Å²) in [6.45, 7) is 0. The van der Waals surface area contributed by atoms with Crippen molar-refractivity contribution in [3.05, 3.63) is 48.7 Å². The molecule has 2 nitrogen and oxygen atoms in total. The third-order valence-corrected chi connectivity index (χ3v) is 2.89. The molecule has 0 atom stereocenters. The Balaban J connectivity index is 2.36. The molecule has 0 fully saturated rings. The van der Waals surface area contributed by atoms with Gasteiger partial charge in [0.25, 0.3) is 0 Å². The first-order valence-corrected chi connectivity index (χ1v) is 5.66. The molecular weight excluding hydrogens is 253 g/mol. The average Bonchev–Trinajstić information content (AvgIpc) is 2.37. The topological polar surface area (TPSA) is 24.9 Å². The van der Waals surface area contributed by atoms with Gasteiger partial charge in [-0.2, -0.15) is 13.2 Å². The van der Waals surface area contributed by atoms with Crippen molar-refractivity contribution < 1.29 is 13.2 Å². The minimum absolute atomic E-state index is 0.0225. The standard InChI is InChI=1S/C14H9F3N2/c15-14(16,17)19-11-5-1-3-9-6-7-10-4-2-8-18-13(10)12(9)11/h1-8,19H. The van der Waals surface area contributed by atoms with Crippen LogP contribution in [0, 0.1) is 0 Å². The van der Waals surface area contributed by atoms with Gasteiger partial charge in [0.15, 0.2) is 0 Å². The molecule has 96 valence electrons. The molecule has 19 heavy (non-hydrogen) atoms. The van der Waals surface area contributed by atoms with Crippen molar-refractivity contribution in [1.82, 2.24) is 4.98 Å². The number of anilines is 1. The van der Waals surface area contributed by atoms with Crippen molar-refractivity contribution in [3.63, 3.8) is 0 Å². The molecule has 0 spiro atoms. The fraction of sp³-hybridized carbons (Fsp3) is 0.0714. The molecular formula is C14H9F3N2. The second kappa shape index (κ2) is 4.12. The van der Waals surface area contributed by atoms with Gasteiger partial charge in [-0.25, -0.2) is 0 Å². The van der Waals surface area contributed by atoms with E-state index in [4.69, 9.17) is 0 Å². The normalized spacial score (nSPS) is 11.9. The summed E-state index contributed by atoms with van der Waals surface area (Å²) in [6, 6.07) is 12.0. The highest BCUT2D eigenvalue weighted by Gasteiger charge is 2.28. The number of nitrogens with one attached hydrogen (secondary N) is 1. The Hall–Kier alpha value is -2.30. The van der Waals surface area contributed by atoms with E-state index < -0.39 is 6.30 Å². The van der Waals surface area contributed by atoms with Gasteiger partial charge in [-0.1, -0.05) is 30.3 Å². The molecule has 0 bridgehead atoms. The van der Waals surface area contributed by atoms with Gasteiger partial charge in [0.05, 0.1) is 11.2 Å². The number of halogens is 3. The van der Waals surface area contributed by atoms with Gasteiger partial charge in [-0.3, -0.25) is 10.3 Å². The van der Waals surface area contributed by atoms with E-state index in [1.54, 1.807) is 35.8 Å². The number of benzene rings is 2. The van der Waals surface area contributed by atoms with Crippen LogP contribution < -0.4 is 5.32 Å². The van der Waals surface area contributed by atoms with Crippen LogP contribution in [0.15, 0.2) is 48.7 Å². The maximum Gasteiger partial charge on any atom is 0.482 e. The number of hydrogen-bond acceptors (Lipinski definition) is 2. The second-order valence-electron chi connectivity index (χ2n) is 4.17. The van der Waals surface area contributed by atoms with E-state index in [9.17, 15) is 13.2 Å². The van der Waals surface area contributed by atoms with Gasteiger partial charge in [0.1, 0.15) is 0 Å². The van der Waals surface area contributed by atoms with Crippen molar-refractivity contribution in [2.24, 2.45) is 0 Å². The van der Waals surface area contributed by atoms with Crippen LogP contribution in [-0.4, -0.2) is 11.3 Å². The Labute approximate surface area is 106 Å². The third-order valence-electron chi connectivity index (χ3n) is 2.89. The Morgan fingerprint density at radius 1 is 0.895 bits per heavy atom. The van der Waals surface area contributed by atoms with Crippen LogP contribution in [0.2, 0.25) is 0 Å². The zero-order valence-electron chi connectivity index (χ0n) is 9.70. The molecule has 0 saturated heterocycles. The van der Waals surface area contributed by atoms with Crippen LogP contribution in [0.25, 0.3) is 21.7 Å². The van der Waals surface area contributed by atoms with Crippen LogP contribution in [0.1, 0.15) is 0 Å². The van der Waals surface area contributed by atoms with E-state index in [2.05, 4.69) is 4.98 Å². The van der Waals surface area contributed by atoms with Gasteiger partial charge < -0.3 is 0 Å². The molecule has 1 heterocycles. The zero-order valence-corrected chi connectivity index (χ0v) is 9.70. The van der Waals surface area contributed by atoms with Crippen molar-refractivity contribution in [2.45, 2.75) is 6.30 Å². The molecule has 0 saturated carbocycles. The minimum atomic E-state index is -4.47. The molecule has 0 aliphatic carbocycles. The highest BCUT2D eigenvalue weighted by atomic mass is 19.4. The highest BCUT2D eigenvalue weighted by Crippen LogP contribution is 2.32. The van der Waals surface area contributed by atoms with Gasteiger partial charge in [-0.05, 0) is 17.5 Å². The van der Waals surface area contributed by atoms with Crippen molar-refractivity contribution in [1.29, 1.82) is 0 Å². The summed E-state index contributed by atoms with van der Waals surface area (Å²) in [5, 5.41) is 3.59. The van der Waals surface area contributed by atoms with Crippen molar-refractivity contribution in [3.8, 4) is 0 Å². The number of fused-ring (bicyclic) bond motifs is 3. The first-order chi connectivity index (χ1) is 9.04. The maximum atomic E-state index is 12.5. The Bertz CT molecular complexity index is 750. The number of pyridine rings is 1. The molecule has 0 aliphatic rings. The summed E-state index contributed by atoms with van der Waals surface area (Å²) in [5.74, 6) is 0. The van der Waals surface area contributed by atoms with Gasteiger partial charge >= 0.3 is 6.30 Å². The largest absolute Gasteiger partial charge is 0.482 e. The van der Waals surface area contributed by atoms with E-state index in [-0.39, 0.29) is 5.69 Å². The van der Waals surface area contributed by atoms with Crippen LogP contribution >= 0.6 is 0 Å². The lowest BCUT2D eigenvalue weighted by Crippen LogP contribution is -2.20. The first kappa shape index (κ1) is 11.8. The Kier molecular flexibility index (Phi) is 2.55. The number of nitrogens with zero attached hydrogens (tertiary/aromatic N) is 1. The van der Waals surface area contributed by atoms with Gasteiger partial charge in [0.2, 0.25) is 0 Å². The number of hydrogen-bond donors (Lipinski definition) is 1. The molecule has 1 N–H and O–H groups in total. The van der Waals surface area contributed by atoms with E-state index in [0.717, 1.165) is 10.8 Å². The van der Waals surface area contributed by atoms with Crippen LogP contribution in [0.3, 0.4) is 0 Å². The van der Waals surface area contributed by atoms with Crippen LogP contribution in [0.4, 0.5) is 18.9 Å². The van der Waals surface area contributed by atoms with Gasteiger partial charge in [0, 0.05) is 17.0 Å². The first-order valence-electron chi connectivity index (χ1n) is 5.66. The fourth-order valence-corrected chi connectivity index (χ4v) is 2.17. The molecule has 0 unspecified atom stereocenters. The summed E-state index contributed by atoms with van der Waals surface area (Å²) >= 11 is 0. The fourth-order valence-electron chi connectivity index (χ4n) is 2.17. The summed E-state index contributed by atoms with van der Waals surface area (Å²) in [5.41, 5.74) is 0.585. The van der Waals surface area contributed by atoms with E-state index >= 15 is 0 Å². The molecule has 2 aromatic carbocycles. The lowest BCUT2D eigenvalue weighted by atomic mass is 10.0. The molecule has 3 rings (SSSR count). The van der Waals surface area contributed by atoms with Crippen molar-refractivity contribution in [2.75, 3.05) is 5.32 Å². The monoisotopic (exact) mass is 262 g/mol. The molecule has 3 aromatic rings. The lowest BCUT2D eigenvalue weighted by molar-refractivity contribution is -0.0998. The maximum absolute atomic E-state index is 12.5. The molecule has 0 aliphatic heterocycles. The number of aromatic nitrogens is 1. The molecule has 1 aromatic heterocycles. The third kappa shape index (κ3) is 2.19. The van der Waals surface area contributed by atoms with Crippen LogP contribution in [0.5, 0.6) is 0 Å². The summed E-state index contributed by atoms with van der Waals surface area (Å²) in [6.07, 6.45) is -2.89. The lowest BCUT2D eigenvalue weighted by Gasteiger charge is -2.13. The number of alkyl halides is 3. The summed E-state index contributed by atoms with van der Waals surface area (Å²) in [7, 11) is 0. The molecule has 0 amide bonds.